The van der Waals surface area contributed by atoms with Gasteiger partial charge in [-0.3, -0.25) is 0 Å². The highest BCUT2D eigenvalue weighted by Crippen LogP contribution is 2.35. The SMILES string of the molecule is CN(C)C[C@H]1CCN(c2cc3nc(Nc4cc(CN)ccc4Cl)[nH]c3cc2Cl)C1. The van der Waals surface area contributed by atoms with Gasteiger partial charge in [0, 0.05) is 26.2 Å². The average molecular weight is 433 g/mol. The maximum Gasteiger partial charge on any atom is 0.205 e. The summed E-state index contributed by atoms with van der Waals surface area (Å²) in [6, 6.07) is 9.69. The monoisotopic (exact) mass is 432 g/mol. The Morgan fingerprint density at radius 3 is 2.83 bits per heavy atom. The zero-order chi connectivity index (χ0) is 20.5. The lowest BCUT2D eigenvalue weighted by molar-refractivity contribution is 0.340. The van der Waals surface area contributed by atoms with Gasteiger partial charge in [0.05, 0.1) is 32.5 Å². The number of fused-ring (bicyclic) bond motifs is 1. The number of nitrogens with two attached hydrogens (primary N) is 1. The minimum atomic E-state index is 0.454. The van der Waals surface area contributed by atoms with Crippen LogP contribution in [-0.2, 0) is 6.54 Å². The van der Waals surface area contributed by atoms with Gasteiger partial charge in [-0.1, -0.05) is 29.3 Å². The number of anilines is 3. The molecule has 1 atom stereocenters. The van der Waals surface area contributed by atoms with E-state index in [1.165, 1.54) is 6.42 Å². The van der Waals surface area contributed by atoms with Crippen molar-refractivity contribution in [3.8, 4) is 0 Å². The van der Waals surface area contributed by atoms with Crippen LogP contribution >= 0.6 is 23.2 Å². The number of benzene rings is 2. The Balaban J connectivity index is 1.58. The predicted octanol–water partition coefficient (Wildman–Crippen LogP) is 4.46. The van der Waals surface area contributed by atoms with Crippen LogP contribution in [-0.4, -0.2) is 48.6 Å². The van der Waals surface area contributed by atoms with E-state index in [-0.39, 0.29) is 0 Å². The van der Waals surface area contributed by atoms with Crippen LogP contribution in [0, 0.1) is 5.92 Å². The van der Waals surface area contributed by atoms with Gasteiger partial charge in [0.25, 0.3) is 0 Å². The Morgan fingerprint density at radius 1 is 1.24 bits per heavy atom. The Hall–Kier alpha value is -1.99. The number of rotatable bonds is 6. The van der Waals surface area contributed by atoms with E-state index in [0.717, 1.165) is 52.6 Å². The van der Waals surface area contributed by atoms with Crippen LogP contribution in [0.2, 0.25) is 10.0 Å². The quantitative estimate of drug-likeness (QED) is 0.535. The molecule has 0 radical (unpaired) electrons. The fourth-order valence-corrected chi connectivity index (χ4v) is 4.41. The smallest absolute Gasteiger partial charge is 0.205 e. The number of H-pyrrole nitrogens is 1. The van der Waals surface area contributed by atoms with E-state index in [1.807, 2.05) is 24.3 Å². The molecule has 4 rings (SSSR count). The third-order valence-corrected chi connectivity index (χ3v) is 5.95. The van der Waals surface area contributed by atoms with Gasteiger partial charge in [-0.15, -0.1) is 0 Å². The molecule has 0 amide bonds. The molecule has 1 aliphatic rings. The standard InChI is InChI=1S/C21H26Cl2N6/c1-28(2)11-14-5-6-29(12-14)20-9-19-18(8-16(20)23)26-21(27-19)25-17-7-13(10-24)3-4-15(17)22/h3-4,7-9,14H,5-6,10-12,24H2,1-2H3,(H2,25,26,27)/t14-/m1/s1. The van der Waals surface area contributed by atoms with Crippen LogP contribution in [0.5, 0.6) is 0 Å². The molecule has 1 fully saturated rings. The highest BCUT2D eigenvalue weighted by Gasteiger charge is 2.25. The Labute approximate surface area is 181 Å². The second-order valence-corrected chi connectivity index (χ2v) is 8.73. The molecule has 154 valence electrons. The molecule has 0 bridgehead atoms. The van der Waals surface area contributed by atoms with Gasteiger partial charge in [-0.2, -0.15) is 0 Å². The zero-order valence-corrected chi connectivity index (χ0v) is 18.2. The first-order valence-corrected chi connectivity index (χ1v) is 10.5. The van der Waals surface area contributed by atoms with E-state index in [1.54, 1.807) is 0 Å². The van der Waals surface area contributed by atoms with Crippen LogP contribution in [0.1, 0.15) is 12.0 Å². The van der Waals surface area contributed by atoms with Gasteiger partial charge in [0.15, 0.2) is 0 Å². The molecule has 0 aliphatic carbocycles. The first kappa shape index (κ1) is 20.3. The Morgan fingerprint density at radius 2 is 2.07 bits per heavy atom. The summed E-state index contributed by atoms with van der Waals surface area (Å²) in [6.07, 6.45) is 1.18. The second-order valence-electron chi connectivity index (χ2n) is 7.91. The summed E-state index contributed by atoms with van der Waals surface area (Å²) in [5.41, 5.74) is 10.3. The number of hydrogen-bond acceptors (Lipinski definition) is 5. The number of nitrogens with zero attached hydrogens (tertiary/aromatic N) is 3. The normalized spacial score (nSPS) is 16.9. The van der Waals surface area contributed by atoms with Crippen molar-refractivity contribution < 1.29 is 0 Å². The van der Waals surface area contributed by atoms with Crippen LogP contribution < -0.4 is 16.0 Å². The van der Waals surface area contributed by atoms with Crippen molar-refractivity contribution in [3.05, 3.63) is 45.9 Å². The van der Waals surface area contributed by atoms with Crippen LogP contribution in [0.15, 0.2) is 30.3 Å². The van der Waals surface area contributed by atoms with Gasteiger partial charge in [-0.25, -0.2) is 4.98 Å². The lowest BCUT2D eigenvalue weighted by Gasteiger charge is -2.21. The molecule has 0 unspecified atom stereocenters. The van der Waals surface area contributed by atoms with Crippen molar-refractivity contribution in [1.29, 1.82) is 0 Å². The van der Waals surface area contributed by atoms with Gasteiger partial charge < -0.3 is 25.8 Å². The maximum atomic E-state index is 6.62. The van der Waals surface area contributed by atoms with Gasteiger partial charge in [0.2, 0.25) is 5.95 Å². The summed E-state index contributed by atoms with van der Waals surface area (Å²) in [7, 11) is 4.24. The molecule has 4 N–H and O–H groups in total. The van der Waals surface area contributed by atoms with E-state index in [0.29, 0.717) is 23.4 Å². The number of aromatic amines is 1. The van der Waals surface area contributed by atoms with Crippen molar-refractivity contribution in [2.45, 2.75) is 13.0 Å². The average Bonchev–Trinajstić information content (AvgIpc) is 3.28. The van der Waals surface area contributed by atoms with E-state index in [4.69, 9.17) is 33.9 Å². The van der Waals surface area contributed by atoms with Crippen LogP contribution in [0.25, 0.3) is 11.0 Å². The van der Waals surface area contributed by atoms with Crippen molar-refractivity contribution in [2.24, 2.45) is 11.7 Å². The summed E-state index contributed by atoms with van der Waals surface area (Å²) in [5.74, 6) is 1.28. The highest BCUT2D eigenvalue weighted by molar-refractivity contribution is 6.34. The van der Waals surface area contributed by atoms with Crippen molar-refractivity contribution in [3.63, 3.8) is 0 Å². The Kier molecular flexibility index (Phi) is 5.88. The van der Waals surface area contributed by atoms with E-state index in [2.05, 4.69) is 40.3 Å². The lowest BCUT2D eigenvalue weighted by Crippen LogP contribution is -2.25. The molecule has 8 heteroatoms. The van der Waals surface area contributed by atoms with Gasteiger partial charge >= 0.3 is 0 Å². The molecule has 2 aromatic carbocycles. The first-order chi connectivity index (χ1) is 13.9. The first-order valence-electron chi connectivity index (χ1n) is 9.77. The fraction of sp³-hybridized carbons (Fsp3) is 0.381. The molecule has 3 aromatic rings. The molecule has 1 saturated heterocycles. The molecule has 1 aliphatic heterocycles. The minimum Gasteiger partial charge on any atom is -0.370 e. The number of imidazole rings is 1. The minimum absolute atomic E-state index is 0.454. The van der Waals surface area contributed by atoms with Crippen LogP contribution in [0.3, 0.4) is 0 Å². The fourth-order valence-electron chi connectivity index (χ4n) is 3.96. The number of hydrogen-bond donors (Lipinski definition) is 3. The maximum absolute atomic E-state index is 6.62. The third kappa shape index (κ3) is 4.46. The van der Waals surface area contributed by atoms with Crippen molar-refractivity contribution in [2.75, 3.05) is 43.9 Å². The highest BCUT2D eigenvalue weighted by atomic mass is 35.5. The molecule has 0 spiro atoms. The summed E-state index contributed by atoms with van der Waals surface area (Å²) in [4.78, 5) is 12.6. The van der Waals surface area contributed by atoms with Crippen molar-refractivity contribution in [1.82, 2.24) is 14.9 Å². The number of halogens is 2. The van der Waals surface area contributed by atoms with E-state index < -0.39 is 0 Å². The lowest BCUT2D eigenvalue weighted by atomic mass is 10.1. The molecule has 0 saturated carbocycles. The summed E-state index contributed by atoms with van der Waals surface area (Å²) < 4.78 is 0. The summed E-state index contributed by atoms with van der Waals surface area (Å²) in [6.45, 7) is 3.58. The number of aromatic nitrogens is 2. The number of nitrogens with one attached hydrogen (secondary N) is 2. The summed E-state index contributed by atoms with van der Waals surface area (Å²) in [5, 5.41) is 4.61. The summed E-state index contributed by atoms with van der Waals surface area (Å²) >= 11 is 12.9. The largest absolute Gasteiger partial charge is 0.370 e. The van der Waals surface area contributed by atoms with Crippen LogP contribution in [0.4, 0.5) is 17.3 Å². The molecular weight excluding hydrogens is 407 g/mol. The van der Waals surface area contributed by atoms with Gasteiger partial charge in [-0.05, 0) is 56.3 Å². The third-order valence-electron chi connectivity index (χ3n) is 5.32. The van der Waals surface area contributed by atoms with E-state index in [9.17, 15) is 0 Å². The Bertz CT molecular complexity index is 1020. The van der Waals surface area contributed by atoms with E-state index >= 15 is 0 Å². The topological polar surface area (TPSA) is 73.2 Å². The molecule has 29 heavy (non-hydrogen) atoms. The molecular formula is C21H26Cl2N6. The molecule has 1 aromatic heterocycles. The van der Waals surface area contributed by atoms with Crippen molar-refractivity contribution >= 4 is 51.6 Å². The van der Waals surface area contributed by atoms with Gasteiger partial charge in [0.1, 0.15) is 0 Å². The molecule has 2 heterocycles. The zero-order valence-electron chi connectivity index (χ0n) is 16.7. The second kappa shape index (κ2) is 8.40. The molecule has 6 nitrogen and oxygen atoms in total. The predicted molar refractivity (Wildman–Crippen MR) is 123 cm³/mol.